The molecule has 1 rings (SSSR count). The Hall–Kier alpha value is -0.610. The second kappa shape index (κ2) is 4.42. The molecule has 0 saturated heterocycles. The Morgan fingerprint density at radius 1 is 1.58 bits per heavy atom. The molecule has 12 heavy (non-hydrogen) atoms. The van der Waals surface area contributed by atoms with E-state index in [9.17, 15) is 0 Å². The largest absolute Gasteiger partial charge is 0.308 e. The normalized spacial score (nSPS) is 11.0. The molecule has 0 N–H and O–H groups in total. The Morgan fingerprint density at radius 3 is 2.92 bits per heavy atom. The minimum atomic E-state index is 0.424. The van der Waals surface area contributed by atoms with Gasteiger partial charge in [-0.15, -0.1) is 11.6 Å². The molecule has 68 valence electrons. The van der Waals surface area contributed by atoms with Crippen LogP contribution in [-0.2, 0) is 12.4 Å². The van der Waals surface area contributed by atoms with Crippen molar-refractivity contribution in [2.75, 3.05) is 20.6 Å². The van der Waals surface area contributed by atoms with Crippen LogP contribution in [0.15, 0.2) is 6.33 Å². The first-order chi connectivity index (χ1) is 5.74. The molecule has 0 amide bonds. The summed E-state index contributed by atoms with van der Waals surface area (Å²) in [5.41, 5.74) is 0. The van der Waals surface area contributed by atoms with E-state index in [-0.39, 0.29) is 0 Å². The van der Waals surface area contributed by atoms with E-state index in [1.807, 2.05) is 18.8 Å². The number of hydrogen-bond acceptors (Lipinski definition) is 3. The molecule has 5 heteroatoms. The van der Waals surface area contributed by atoms with E-state index < -0.39 is 0 Å². The minimum Gasteiger partial charge on any atom is -0.308 e. The maximum absolute atomic E-state index is 5.65. The number of aromatic nitrogens is 3. The van der Waals surface area contributed by atoms with E-state index in [1.165, 1.54) is 6.33 Å². The molecule has 0 aliphatic rings. The third-order valence-electron chi connectivity index (χ3n) is 1.57. The first-order valence-corrected chi connectivity index (χ1v) is 4.35. The fourth-order valence-electron chi connectivity index (χ4n) is 0.873. The summed E-state index contributed by atoms with van der Waals surface area (Å²) in [6.45, 7) is 1.79. The van der Waals surface area contributed by atoms with Crippen LogP contribution in [0, 0.1) is 0 Å². The van der Waals surface area contributed by atoms with E-state index >= 15 is 0 Å². The molecular formula is C7H13ClN4. The lowest BCUT2D eigenvalue weighted by atomic mass is 10.5. The van der Waals surface area contributed by atoms with E-state index in [4.69, 9.17) is 11.6 Å². The summed E-state index contributed by atoms with van der Waals surface area (Å²) in [7, 11) is 4.05. The molecule has 1 heterocycles. The summed E-state index contributed by atoms with van der Waals surface area (Å²) < 4.78 is 1.83. The van der Waals surface area contributed by atoms with Crippen LogP contribution < -0.4 is 0 Å². The fourth-order valence-corrected chi connectivity index (χ4v) is 1.08. The summed E-state index contributed by atoms with van der Waals surface area (Å²) in [6, 6.07) is 0. The van der Waals surface area contributed by atoms with Crippen molar-refractivity contribution in [1.82, 2.24) is 19.7 Å². The third kappa shape index (κ3) is 2.46. The van der Waals surface area contributed by atoms with Gasteiger partial charge in [0.1, 0.15) is 12.2 Å². The third-order valence-corrected chi connectivity index (χ3v) is 1.81. The first kappa shape index (κ1) is 9.48. The van der Waals surface area contributed by atoms with Gasteiger partial charge >= 0.3 is 0 Å². The Balaban J connectivity index is 2.50. The molecule has 0 aliphatic heterocycles. The molecule has 0 aromatic carbocycles. The molecule has 4 nitrogen and oxygen atoms in total. The maximum Gasteiger partial charge on any atom is 0.141 e. The van der Waals surface area contributed by atoms with Crippen LogP contribution in [0.5, 0.6) is 0 Å². The molecule has 0 atom stereocenters. The van der Waals surface area contributed by atoms with Gasteiger partial charge in [0.2, 0.25) is 0 Å². The van der Waals surface area contributed by atoms with Crippen LogP contribution >= 0.6 is 11.6 Å². The average molecular weight is 189 g/mol. The second-order valence-corrected chi connectivity index (χ2v) is 3.10. The van der Waals surface area contributed by atoms with Crippen molar-refractivity contribution in [3.05, 3.63) is 12.2 Å². The van der Waals surface area contributed by atoms with Crippen LogP contribution in [0.4, 0.5) is 0 Å². The quantitative estimate of drug-likeness (QED) is 0.649. The number of likely N-dealkylation sites (N-methyl/N-ethyl adjacent to an activating group) is 1. The van der Waals surface area contributed by atoms with E-state index in [2.05, 4.69) is 15.0 Å². The minimum absolute atomic E-state index is 0.424. The van der Waals surface area contributed by atoms with Crippen molar-refractivity contribution in [2.45, 2.75) is 12.4 Å². The predicted molar refractivity (Wildman–Crippen MR) is 48.1 cm³/mol. The van der Waals surface area contributed by atoms with Gasteiger partial charge in [0.15, 0.2) is 0 Å². The van der Waals surface area contributed by atoms with Crippen molar-refractivity contribution in [3.8, 4) is 0 Å². The monoisotopic (exact) mass is 188 g/mol. The topological polar surface area (TPSA) is 34.0 Å². The summed E-state index contributed by atoms with van der Waals surface area (Å²) in [4.78, 5) is 6.11. The Morgan fingerprint density at radius 2 is 2.33 bits per heavy atom. The number of hydrogen-bond donors (Lipinski definition) is 0. The Labute approximate surface area is 77.1 Å². The lowest BCUT2D eigenvalue weighted by molar-refractivity contribution is 0.370. The number of rotatable bonds is 4. The highest BCUT2D eigenvalue weighted by Crippen LogP contribution is 1.97. The summed E-state index contributed by atoms with van der Waals surface area (Å²) in [6.07, 6.45) is 1.54. The highest BCUT2D eigenvalue weighted by atomic mass is 35.5. The molecule has 0 aliphatic carbocycles. The first-order valence-electron chi connectivity index (χ1n) is 3.81. The van der Waals surface area contributed by atoms with Gasteiger partial charge in [-0.2, -0.15) is 5.10 Å². The van der Waals surface area contributed by atoms with Crippen molar-refractivity contribution < 1.29 is 0 Å². The summed E-state index contributed by atoms with van der Waals surface area (Å²) >= 11 is 5.65. The fraction of sp³-hybridized carbons (Fsp3) is 0.714. The molecule has 0 bridgehead atoms. The van der Waals surface area contributed by atoms with Crippen LogP contribution in [0.2, 0.25) is 0 Å². The van der Waals surface area contributed by atoms with Gasteiger partial charge < -0.3 is 4.90 Å². The van der Waals surface area contributed by atoms with Gasteiger partial charge in [0.05, 0.1) is 12.4 Å². The average Bonchev–Trinajstić information content (AvgIpc) is 2.47. The number of alkyl halides is 1. The number of nitrogens with zero attached hydrogens (tertiary/aromatic N) is 4. The molecule has 0 spiro atoms. The smallest absolute Gasteiger partial charge is 0.141 e. The zero-order chi connectivity index (χ0) is 8.97. The second-order valence-electron chi connectivity index (χ2n) is 2.84. The molecule has 0 saturated carbocycles. The van der Waals surface area contributed by atoms with Gasteiger partial charge in [0, 0.05) is 6.54 Å². The van der Waals surface area contributed by atoms with Crippen LogP contribution in [0.3, 0.4) is 0 Å². The zero-order valence-electron chi connectivity index (χ0n) is 7.37. The standard InChI is InChI=1S/C7H13ClN4/c1-11(2)3-4-12-7(5-8)9-6-10-12/h6H,3-5H2,1-2H3. The van der Waals surface area contributed by atoms with Crippen molar-refractivity contribution in [3.63, 3.8) is 0 Å². The molecular weight excluding hydrogens is 176 g/mol. The highest BCUT2D eigenvalue weighted by Gasteiger charge is 2.01. The summed E-state index contributed by atoms with van der Waals surface area (Å²) in [5.74, 6) is 1.26. The molecule has 1 aromatic heterocycles. The summed E-state index contributed by atoms with van der Waals surface area (Å²) in [5, 5.41) is 4.05. The van der Waals surface area contributed by atoms with Crippen molar-refractivity contribution in [2.24, 2.45) is 0 Å². The van der Waals surface area contributed by atoms with Crippen LogP contribution in [0.25, 0.3) is 0 Å². The van der Waals surface area contributed by atoms with Gasteiger partial charge in [-0.25, -0.2) is 9.67 Å². The van der Waals surface area contributed by atoms with Crippen LogP contribution in [-0.4, -0.2) is 40.3 Å². The molecule has 0 unspecified atom stereocenters. The zero-order valence-corrected chi connectivity index (χ0v) is 8.12. The van der Waals surface area contributed by atoms with Crippen LogP contribution in [0.1, 0.15) is 5.82 Å². The molecule has 1 aromatic rings. The predicted octanol–water partition coefficient (Wildman–Crippen LogP) is 0.578. The molecule has 0 radical (unpaired) electrons. The lowest BCUT2D eigenvalue weighted by Gasteiger charge is -2.09. The molecule has 0 fully saturated rings. The van der Waals surface area contributed by atoms with Crippen molar-refractivity contribution >= 4 is 11.6 Å². The van der Waals surface area contributed by atoms with Gasteiger partial charge in [-0.3, -0.25) is 0 Å². The van der Waals surface area contributed by atoms with E-state index in [0.717, 1.165) is 18.9 Å². The number of halogens is 1. The maximum atomic E-state index is 5.65. The van der Waals surface area contributed by atoms with Gasteiger partial charge in [-0.1, -0.05) is 0 Å². The van der Waals surface area contributed by atoms with Gasteiger partial charge in [0.25, 0.3) is 0 Å². The SMILES string of the molecule is CN(C)CCn1ncnc1CCl. The van der Waals surface area contributed by atoms with E-state index in [1.54, 1.807) is 0 Å². The Bertz CT molecular complexity index is 233. The van der Waals surface area contributed by atoms with Crippen molar-refractivity contribution in [1.29, 1.82) is 0 Å². The Kier molecular flexibility index (Phi) is 3.49. The lowest BCUT2D eigenvalue weighted by Crippen LogP contribution is -2.20. The van der Waals surface area contributed by atoms with Gasteiger partial charge in [-0.05, 0) is 14.1 Å². The highest BCUT2D eigenvalue weighted by molar-refractivity contribution is 6.16. The van der Waals surface area contributed by atoms with E-state index in [0.29, 0.717) is 5.88 Å².